The van der Waals surface area contributed by atoms with Crippen molar-refractivity contribution >= 4 is 28.7 Å². The van der Waals surface area contributed by atoms with Gasteiger partial charge in [0, 0.05) is 17.7 Å². The smallest absolute Gasteiger partial charge is 0.159 e. The Hall–Kier alpha value is -1.65. The number of fused-ring (bicyclic) bond motifs is 3. The molecule has 3 rings (SSSR count). The maximum absolute atomic E-state index is 6.31. The first kappa shape index (κ1) is 12.4. The van der Waals surface area contributed by atoms with Gasteiger partial charge < -0.3 is 0 Å². The highest BCUT2D eigenvalue weighted by Crippen LogP contribution is 2.34. The molecule has 0 atom stereocenters. The maximum atomic E-state index is 6.31. The van der Waals surface area contributed by atoms with E-state index in [2.05, 4.69) is 21.5 Å². The molecule has 4 nitrogen and oxygen atoms in total. The molecule has 2 aliphatic heterocycles. The van der Waals surface area contributed by atoms with Crippen LogP contribution < -0.4 is 10.4 Å². The Balaban J connectivity index is 2.21. The van der Waals surface area contributed by atoms with E-state index in [4.69, 9.17) is 11.6 Å². The molecule has 19 heavy (non-hydrogen) atoms. The molecule has 2 aliphatic rings. The van der Waals surface area contributed by atoms with Crippen LogP contribution in [0, 0.1) is 0 Å². The van der Waals surface area contributed by atoms with Crippen molar-refractivity contribution in [3.63, 3.8) is 0 Å². The fourth-order valence-corrected chi connectivity index (χ4v) is 2.55. The minimum absolute atomic E-state index is 0.525. The van der Waals surface area contributed by atoms with Crippen LogP contribution in [-0.2, 0) is 0 Å². The molecule has 0 radical (unpaired) electrons. The highest BCUT2D eigenvalue weighted by molar-refractivity contribution is 6.31. The molecular weight excluding hydrogens is 260 g/mol. The van der Waals surface area contributed by atoms with Crippen LogP contribution in [0.2, 0.25) is 5.15 Å². The summed E-state index contributed by atoms with van der Waals surface area (Å²) < 4.78 is 0. The lowest BCUT2D eigenvalue weighted by Gasteiger charge is -2.26. The van der Waals surface area contributed by atoms with Gasteiger partial charge in [-0.15, -0.1) is 0 Å². The third-order valence-corrected chi connectivity index (χ3v) is 3.75. The number of anilines is 1. The summed E-state index contributed by atoms with van der Waals surface area (Å²) in [4.78, 5) is 9.12. The van der Waals surface area contributed by atoms with Gasteiger partial charge in [-0.2, -0.15) is 0 Å². The molecule has 0 aliphatic carbocycles. The SMILES string of the molecule is CC=C(C)c1cc2c(nc1Cl)N1NCC=C1N=C2C. The molecule has 0 saturated carbocycles. The second-order valence-electron chi connectivity index (χ2n) is 4.63. The van der Waals surface area contributed by atoms with Crippen LogP contribution in [0.4, 0.5) is 5.82 Å². The first-order valence-corrected chi connectivity index (χ1v) is 6.63. The molecule has 0 unspecified atom stereocenters. The zero-order chi connectivity index (χ0) is 13.6. The standard InChI is InChI=1S/C14H15ClN4/c1-4-8(2)10-7-11-9(3)17-12-5-6-16-19(12)14(11)18-13(10)15/h4-5,7,16H,6H2,1-3H3. The number of aromatic nitrogens is 1. The summed E-state index contributed by atoms with van der Waals surface area (Å²) in [5.41, 5.74) is 7.29. The minimum Gasteiger partial charge on any atom is -0.241 e. The number of aliphatic imine (C=N–C) groups is 1. The molecule has 0 bridgehead atoms. The molecule has 0 spiro atoms. The lowest BCUT2D eigenvalue weighted by molar-refractivity contribution is 0.768. The highest BCUT2D eigenvalue weighted by Gasteiger charge is 2.27. The summed E-state index contributed by atoms with van der Waals surface area (Å²) in [5, 5.41) is 2.42. The summed E-state index contributed by atoms with van der Waals surface area (Å²) in [5.74, 6) is 1.72. The zero-order valence-electron chi connectivity index (χ0n) is 11.2. The van der Waals surface area contributed by atoms with E-state index in [1.54, 1.807) is 0 Å². The Bertz CT molecular complexity index is 643. The maximum Gasteiger partial charge on any atom is 0.159 e. The largest absolute Gasteiger partial charge is 0.241 e. The average Bonchev–Trinajstić information content (AvgIpc) is 2.85. The minimum atomic E-state index is 0.525. The van der Waals surface area contributed by atoms with E-state index in [1.165, 1.54) is 0 Å². The molecule has 1 aromatic rings. The normalized spacial score (nSPS) is 17.9. The van der Waals surface area contributed by atoms with Gasteiger partial charge in [0.25, 0.3) is 0 Å². The number of hydrogen-bond acceptors (Lipinski definition) is 4. The van der Waals surface area contributed by atoms with Crippen molar-refractivity contribution in [1.29, 1.82) is 0 Å². The monoisotopic (exact) mass is 274 g/mol. The fourth-order valence-electron chi connectivity index (χ4n) is 2.26. The van der Waals surface area contributed by atoms with E-state index in [1.807, 2.05) is 37.9 Å². The Kier molecular flexibility index (Phi) is 2.92. The Morgan fingerprint density at radius 3 is 3.05 bits per heavy atom. The first-order valence-electron chi connectivity index (χ1n) is 6.25. The van der Waals surface area contributed by atoms with Crippen LogP contribution >= 0.6 is 11.6 Å². The number of hydrogen-bond donors (Lipinski definition) is 1. The quantitative estimate of drug-likeness (QED) is 0.800. The van der Waals surface area contributed by atoms with E-state index < -0.39 is 0 Å². The predicted molar refractivity (Wildman–Crippen MR) is 79.3 cm³/mol. The molecule has 1 N–H and O–H groups in total. The summed E-state index contributed by atoms with van der Waals surface area (Å²) in [6.45, 7) is 6.79. The van der Waals surface area contributed by atoms with Gasteiger partial charge in [0.15, 0.2) is 5.82 Å². The second kappa shape index (κ2) is 4.47. The Labute approximate surface area is 117 Å². The number of rotatable bonds is 1. The van der Waals surface area contributed by atoms with E-state index in [0.29, 0.717) is 5.15 Å². The molecule has 98 valence electrons. The number of nitrogens with zero attached hydrogens (tertiary/aromatic N) is 3. The molecular formula is C14H15ClN4. The topological polar surface area (TPSA) is 40.5 Å². The van der Waals surface area contributed by atoms with Crippen molar-refractivity contribution in [3.8, 4) is 0 Å². The van der Waals surface area contributed by atoms with Crippen LogP contribution in [-0.4, -0.2) is 17.2 Å². The van der Waals surface area contributed by atoms with Crippen LogP contribution in [0.5, 0.6) is 0 Å². The Morgan fingerprint density at radius 1 is 1.53 bits per heavy atom. The van der Waals surface area contributed by atoms with Crippen molar-refractivity contribution in [2.45, 2.75) is 20.8 Å². The van der Waals surface area contributed by atoms with E-state index >= 15 is 0 Å². The molecule has 5 heteroatoms. The van der Waals surface area contributed by atoms with Gasteiger partial charge in [0.05, 0.1) is 5.71 Å². The predicted octanol–water partition coefficient (Wildman–Crippen LogP) is 3.15. The summed E-state index contributed by atoms with van der Waals surface area (Å²) >= 11 is 6.31. The van der Waals surface area contributed by atoms with Gasteiger partial charge in [-0.05, 0) is 38.5 Å². The van der Waals surface area contributed by atoms with Crippen LogP contribution in [0.1, 0.15) is 31.9 Å². The van der Waals surface area contributed by atoms with E-state index in [0.717, 1.165) is 40.6 Å². The van der Waals surface area contributed by atoms with Gasteiger partial charge in [-0.1, -0.05) is 17.7 Å². The molecule has 3 heterocycles. The lowest BCUT2D eigenvalue weighted by Crippen LogP contribution is -2.35. The van der Waals surface area contributed by atoms with Crippen LogP contribution in [0.3, 0.4) is 0 Å². The zero-order valence-corrected chi connectivity index (χ0v) is 11.9. The highest BCUT2D eigenvalue weighted by atomic mass is 35.5. The average molecular weight is 275 g/mol. The lowest BCUT2D eigenvalue weighted by atomic mass is 10.0. The second-order valence-corrected chi connectivity index (χ2v) is 4.98. The van der Waals surface area contributed by atoms with Gasteiger partial charge >= 0.3 is 0 Å². The number of hydrazine groups is 1. The number of halogens is 1. The third kappa shape index (κ3) is 1.88. The number of pyridine rings is 1. The molecule has 0 fully saturated rings. The molecule has 0 saturated heterocycles. The number of allylic oxidation sites excluding steroid dienone is 2. The summed E-state index contributed by atoms with van der Waals surface area (Å²) in [6, 6.07) is 2.07. The molecule has 0 amide bonds. The van der Waals surface area contributed by atoms with Crippen LogP contribution in [0.25, 0.3) is 5.57 Å². The third-order valence-electron chi connectivity index (χ3n) is 3.46. The van der Waals surface area contributed by atoms with Gasteiger partial charge in [0.1, 0.15) is 11.0 Å². The molecule has 1 aromatic heterocycles. The van der Waals surface area contributed by atoms with Crippen molar-refractivity contribution in [3.05, 3.63) is 40.3 Å². The van der Waals surface area contributed by atoms with Gasteiger partial charge in [-0.25, -0.2) is 20.4 Å². The first-order chi connectivity index (χ1) is 9.11. The van der Waals surface area contributed by atoms with Crippen molar-refractivity contribution in [2.75, 3.05) is 11.6 Å². The number of nitrogens with one attached hydrogen (secondary N) is 1. The Morgan fingerprint density at radius 2 is 2.32 bits per heavy atom. The van der Waals surface area contributed by atoms with E-state index in [9.17, 15) is 0 Å². The van der Waals surface area contributed by atoms with Crippen molar-refractivity contribution < 1.29 is 0 Å². The van der Waals surface area contributed by atoms with E-state index in [-0.39, 0.29) is 0 Å². The molecule has 0 aromatic carbocycles. The van der Waals surface area contributed by atoms with Gasteiger partial charge in [0.2, 0.25) is 0 Å². The van der Waals surface area contributed by atoms with Crippen molar-refractivity contribution in [2.24, 2.45) is 4.99 Å². The van der Waals surface area contributed by atoms with Gasteiger partial charge in [-0.3, -0.25) is 0 Å². The summed E-state index contributed by atoms with van der Waals surface area (Å²) in [6.07, 6.45) is 4.07. The van der Waals surface area contributed by atoms with Crippen LogP contribution in [0.15, 0.2) is 29.0 Å². The fraction of sp³-hybridized carbons (Fsp3) is 0.286. The summed E-state index contributed by atoms with van der Waals surface area (Å²) in [7, 11) is 0. The van der Waals surface area contributed by atoms with Crippen molar-refractivity contribution in [1.82, 2.24) is 10.4 Å².